The summed E-state index contributed by atoms with van der Waals surface area (Å²) in [5.41, 5.74) is 2.00. The number of nitrogens with zero attached hydrogens (tertiary/aromatic N) is 2. The van der Waals surface area contributed by atoms with Crippen molar-refractivity contribution in [3.8, 4) is 5.75 Å². The van der Waals surface area contributed by atoms with Gasteiger partial charge in [-0.05, 0) is 44.0 Å². The normalized spacial score (nSPS) is 11.9. The first-order valence-electron chi connectivity index (χ1n) is 10.0. The van der Waals surface area contributed by atoms with Crippen LogP contribution < -0.4 is 4.74 Å². The topological polar surface area (TPSA) is 47.3 Å². The molecule has 1 heterocycles. The van der Waals surface area contributed by atoms with Gasteiger partial charge in [-0.25, -0.2) is 4.98 Å². The molecule has 0 fully saturated rings. The number of aromatic nitrogens is 2. The number of aliphatic hydroxyl groups is 1. The van der Waals surface area contributed by atoms with Gasteiger partial charge in [-0.1, -0.05) is 60.7 Å². The number of benzene rings is 3. The predicted molar refractivity (Wildman–Crippen MR) is 116 cm³/mol. The maximum atomic E-state index is 12.1. The number of rotatable bonds is 6. The van der Waals surface area contributed by atoms with Crippen LogP contribution in [0.25, 0.3) is 11.0 Å². The number of imidazole rings is 1. The second-order valence-electron chi connectivity index (χ2n) is 7.44. The summed E-state index contributed by atoms with van der Waals surface area (Å²) < 4.78 is 7.95. The van der Waals surface area contributed by atoms with Crippen LogP contribution in [0.3, 0.4) is 0 Å². The summed E-state index contributed by atoms with van der Waals surface area (Å²) in [5, 5.41) is 12.1. The van der Waals surface area contributed by atoms with Crippen LogP contribution in [-0.4, -0.2) is 20.8 Å². The Hall–Kier alpha value is -3.11. The fourth-order valence-corrected chi connectivity index (χ4v) is 3.83. The van der Waals surface area contributed by atoms with Crippen molar-refractivity contribution >= 4 is 11.0 Å². The van der Waals surface area contributed by atoms with Crippen LogP contribution in [0.4, 0.5) is 0 Å². The van der Waals surface area contributed by atoms with E-state index in [2.05, 4.69) is 11.5 Å². The molecule has 3 aromatic carbocycles. The Balaban J connectivity index is 1.98. The van der Waals surface area contributed by atoms with E-state index in [9.17, 15) is 5.11 Å². The van der Waals surface area contributed by atoms with Crippen LogP contribution in [0.15, 0.2) is 78.9 Å². The number of hydrogen-bond donors (Lipinski definition) is 1. The average molecular weight is 386 g/mol. The zero-order valence-electron chi connectivity index (χ0n) is 17.0. The molecule has 0 aliphatic heterocycles. The number of hydrogen-bond acceptors (Lipinski definition) is 3. The van der Waals surface area contributed by atoms with Gasteiger partial charge in [0.1, 0.15) is 5.75 Å². The van der Waals surface area contributed by atoms with Gasteiger partial charge in [0.25, 0.3) is 0 Å². The Morgan fingerprint density at radius 2 is 1.52 bits per heavy atom. The lowest BCUT2D eigenvalue weighted by Crippen LogP contribution is -2.32. The lowest BCUT2D eigenvalue weighted by atomic mass is 9.85. The highest BCUT2D eigenvalue weighted by molar-refractivity contribution is 5.78. The molecule has 0 bridgehead atoms. The molecule has 1 N–H and O–H groups in total. The van der Waals surface area contributed by atoms with E-state index < -0.39 is 5.60 Å². The Morgan fingerprint density at radius 3 is 2.03 bits per heavy atom. The van der Waals surface area contributed by atoms with E-state index >= 15 is 0 Å². The molecule has 0 unspecified atom stereocenters. The summed E-state index contributed by atoms with van der Waals surface area (Å²) in [7, 11) is 0. The number of fused-ring (bicyclic) bond motifs is 1. The highest BCUT2D eigenvalue weighted by Gasteiger charge is 2.38. The number of ether oxygens (including phenoxy) is 1. The van der Waals surface area contributed by atoms with E-state index in [1.807, 2.05) is 92.7 Å². The van der Waals surface area contributed by atoms with Crippen molar-refractivity contribution in [1.29, 1.82) is 0 Å². The molecule has 148 valence electrons. The molecule has 0 aliphatic rings. The van der Waals surface area contributed by atoms with Crippen LogP contribution in [0, 0.1) is 0 Å². The van der Waals surface area contributed by atoms with Gasteiger partial charge in [0, 0.05) is 12.6 Å². The molecule has 0 aliphatic carbocycles. The van der Waals surface area contributed by atoms with E-state index in [4.69, 9.17) is 9.72 Å². The molecule has 0 amide bonds. The van der Waals surface area contributed by atoms with Gasteiger partial charge in [0.15, 0.2) is 11.4 Å². The molecule has 4 aromatic rings. The maximum Gasteiger partial charge on any atom is 0.173 e. The average Bonchev–Trinajstić information content (AvgIpc) is 3.12. The molecule has 0 radical (unpaired) electrons. The summed E-state index contributed by atoms with van der Waals surface area (Å²) in [6, 6.07) is 25.3. The van der Waals surface area contributed by atoms with Crippen molar-refractivity contribution < 1.29 is 9.84 Å². The maximum absolute atomic E-state index is 12.1. The van der Waals surface area contributed by atoms with Crippen molar-refractivity contribution in [1.82, 2.24) is 9.55 Å². The minimum atomic E-state index is -1.36. The second-order valence-corrected chi connectivity index (χ2v) is 7.44. The highest BCUT2D eigenvalue weighted by atomic mass is 16.5. The fourth-order valence-electron chi connectivity index (χ4n) is 3.83. The van der Waals surface area contributed by atoms with E-state index in [0.29, 0.717) is 12.4 Å². The van der Waals surface area contributed by atoms with Crippen molar-refractivity contribution in [2.45, 2.75) is 39.0 Å². The first-order chi connectivity index (χ1) is 14.0. The third kappa shape index (κ3) is 3.40. The van der Waals surface area contributed by atoms with Gasteiger partial charge in [-0.3, -0.25) is 0 Å². The third-order valence-corrected chi connectivity index (χ3v) is 5.11. The largest absolute Gasteiger partial charge is 0.491 e. The first-order valence-corrected chi connectivity index (χ1v) is 10.0. The smallest absolute Gasteiger partial charge is 0.173 e. The van der Waals surface area contributed by atoms with Crippen LogP contribution in [-0.2, 0) is 12.1 Å². The summed E-state index contributed by atoms with van der Waals surface area (Å²) in [6.45, 7) is 6.77. The summed E-state index contributed by atoms with van der Waals surface area (Å²) in [5.74, 6) is 1.41. The quantitative estimate of drug-likeness (QED) is 0.500. The van der Waals surface area contributed by atoms with Gasteiger partial charge in [-0.2, -0.15) is 0 Å². The van der Waals surface area contributed by atoms with Gasteiger partial charge in [0.2, 0.25) is 0 Å². The monoisotopic (exact) mass is 386 g/mol. The van der Waals surface area contributed by atoms with E-state index in [-0.39, 0.29) is 6.10 Å². The van der Waals surface area contributed by atoms with Crippen LogP contribution in [0.2, 0.25) is 0 Å². The minimum absolute atomic E-state index is 0.0930. The van der Waals surface area contributed by atoms with Crippen LogP contribution in [0.1, 0.15) is 37.7 Å². The van der Waals surface area contributed by atoms with Gasteiger partial charge >= 0.3 is 0 Å². The van der Waals surface area contributed by atoms with Gasteiger partial charge in [0.05, 0.1) is 17.1 Å². The highest BCUT2D eigenvalue weighted by Crippen LogP contribution is 2.38. The SMILES string of the molecule is CCn1c(C(O)(c2ccccc2)c2ccccc2)nc2ccc(OC(C)C)cc21. The van der Waals surface area contributed by atoms with E-state index in [1.165, 1.54) is 0 Å². The standard InChI is InChI=1S/C25H26N2O2/c1-4-27-23-17-21(29-18(2)3)15-16-22(23)26-24(27)25(28,19-11-7-5-8-12-19)20-13-9-6-10-14-20/h5-18,28H,4H2,1-3H3. The molecule has 0 atom stereocenters. The summed E-state index contributed by atoms with van der Waals surface area (Å²) in [6.07, 6.45) is 0.0930. The van der Waals surface area contributed by atoms with E-state index in [1.54, 1.807) is 0 Å². The Labute approximate surface area is 171 Å². The first kappa shape index (κ1) is 19.2. The fraction of sp³-hybridized carbons (Fsp3) is 0.240. The Morgan fingerprint density at radius 1 is 0.931 bits per heavy atom. The van der Waals surface area contributed by atoms with Crippen LogP contribution in [0.5, 0.6) is 5.75 Å². The second kappa shape index (κ2) is 7.72. The van der Waals surface area contributed by atoms with E-state index in [0.717, 1.165) is 27.9 Å². The van der Waals surface area contributed by atoms with Crippen molar-refractivity contribution in [3.05, 3.63) is 95.8 Å². The van der Waals surface area contributed by atoms with Crippen LogP contribution >= 0.6 is 0 Å². The number of aryl methyl sites for hydroxylation is 1. The van der Waals surface area contributed by atoms with Gasteiger partial charge < -0.3 is 14.4 Å². The lowest BCUT2D eigenvalue weighted by Gasteiger charge is -2.29. The molecule has 4 rings (SSSR count). The predicted octanol–water partition coefficient (Wildman–Crippen LogP) is 5.13. The zero-order chi connectivity index (χ0) is 20.4. The summed E-state index contributed by atoms with van der Waals surface area (Å²) in [4.78, 5) is 4.89. The molecular formula is C25H26N2O2. The van der Waals surface area contributed by atoms with Crippen molar-refractivity contribution in [2.75, 3.05) is 0 Å². The molecule has 4 nitrogen and oxygen atoms in total. The zero-order valence-corrected chi connectivity index (χ0v) is 17.0. The summed E-state index contributed by atoms with van der Waals surface area (Å²) >= 11 is 0. The minimum Gasteiger partial charge on any atom is -0.491 e. The molecule has 29 heavy (non-hydrogen) atoms. The van der Waals surface area contributed by atoms with Crippen molar-refractivity contribution in [3.63, 3.8) is 0 Å². The Bertz CT molecular complexity index is 1060. The molecule has 1 aromatic heterocycles. The molecule has 4 heteroatoms. The molecule has 0 saturated heterocycles. The molecular weight excluding hydrogens is 360 g/mol. The molecule has 0 saturated carbocycles. The Kier molecular flexibility index (Phi) is 5.12. The van der Waals surface area contributed by atoms with Gasteiger partial charge in [-0.15, -0.1) is 0 Å². The lowest BCUT2D eigenvalue weighted by molar-refractivity contribution is 0.112. The molecule has 0 spiro atoms. The van der Waals surface area contributed by atoms with Crippen molar-refractivity contribution in [2.24, 2.45) is 0 Å². The third-order valence-electron chi connectivity index (χ3n) is 5.11.